The van der Waals surface area contributed by atoms with E-state index in [9.17, 15) is 13.2 Å². The molecule has 0 radical (unpaired) electrons. The van der Waals surface area contributed by atoms with Crippen molar-refractivity contribution in [2.75, 3.05) is 6.61 Å². The van der Waals surface area contributed by atoms with Crippen molar-refractivity contribution in [3.8, 4) is 5.19 Å². The SMILES string of the molecule is FC(F)(F)COc1ncc(Br)s1. The molecular formula is C5H3BrF3NOS. The number of aromatic nitrogens is 1. The fourth-order valence-corrected chi connectivity index (χ4v) is 1.46. The van der Waals surface area contributed by atoms with E-state index >= 15 is 0 Å². The Kier molecular flexibility index (Phi) is 2.94. The zero-order chi connectivity index (χ0) is 9.19. The Bertz CT molecular complexity index is 261. The van der Waals surface area contributed by atoms with Crippen LogP contribution in [0.5, 0.6) is 5.19 Å². The second-order valence-electron chi connectivity index (χ2n) is 1.83. The topological polar surface area (TPSA) is 22.1 Å². The minimum Gasteiger partial charge on any atom is -0.460 e. The van der Waals surface area contributed by atoms with Gasteiger partial charge in [-0.25, -0.2) is 4.98 Å². The maximum Gasteiger partial charge on any atom is 0.422 e. The predicted octanol–water partition coefficient (Wildman–Crippen LogP) is 2.85. The first-order valence-electron chi connectivity index (χ1n) is 2.78. The summed E-state index contributed by atoms with van der Waals surface area (Å²) >= 11 is 4.06. The first-order valence-corrected chi connectivity index (χ1v) is 4.39. The summed E-state index contributed by atoms with van der Waals surface area (Å²) in [6.07, 6.45) is -2.92. The van der Waals surface area contributed by atoms with Crippen LogP contribution < -0.4 is 4.74 Å². The smallest absolute Gasteiger partial charge is 0.422 e. The van der Waals surface area contributed by atoms with Gasteiger partial charge >= 0.3 is 6.18 Å². The maximum atomic E-state index is 11.6. The molecule has 0 saturated carbocycles. The average molecular weight is 262 g/mol. The zero-order valence-electron chi connectivity index (χ0n) is 5.56. The number of alkyl halides is 3. The fraction of sp³-hybridized carbons (Fsp3) is 0.400. The lowest BCUT2D eigenvalue weighted by Crippen LogP contribution is -2.19. The Morgan fingerprint density at radius 1 is 1.58 bits per heavy atom. The van der Waals surface area contributed by atoms with E-state index in [-0.39, 0.29) is 5.19 Å². The largest absolute Gasteiger partial charge is 0.460 e. The summed E-state index contributed by atoms with van der Waals surface area (Å²) in [5.74, 6) is 0. The number of ether oxygens (including phenoxy) is 1. The highest BCUT2D eigenvalue weighted by atomic mass is 79.9. The van der Waals surface area contributed by atoms with Crippen molar-refractivity contribution in [2.45, 2.75) is 6.18 Å². The number of halogens is 4. The van der Waals surface area contributed by atoms with Crippen molar-refractivity contribution in [2.24, 2.45) is 0 Å². The molecule has 7 heteroatoms. The molecule has 0 aliphatic heterocycles. The predicted molar refractivity (Wildman–Crippen MR) is 41.4 cm³/mol. The fourth-order valence-electron chi connectivity index (χ4n) is 0.450. The van der Waals surface area contributed by atoms with Crippen LogP contribution in [0.15, 0.2) is 9.98 Å². The molecule has 1 heterocycles. The number of thiazole rings is 1. The Morgan fingerprint density at radius 3 is 2.67 bits per heavy atom. The molecule has 0 aliphatic carbocycles. The molecular weight excluding hydrogens is 259 g/mol. The third-order valence-electron chi connectivity index (χ3n) is 0.816. The molecule has 2 nitrogen and oxygen atoms in total. The maximum absolute atomic E-state index is 11.6. The van der Waals surface area contributed by atoms with Gasteiger partial charge in [0.25, 0.3) is 5.19 Å². The molecule has 0 aromatic carbocycles. The van der Waals surface area contributed by atoms with Crippen LogP contribution in [-0.4, -0.2) is 17.8 Å². The lowest BCUT2D eigenvalue weighted by Gasteiger charge is -2.04. The van der Waals surface area contributed by atoms with Gasteiger partial charge in [0.2, 0.25) is 0 Å². The van der Waals surface area contributed by atoms with E-state index in [4.69, 9.17) is 0 Å². The third-order valence-corrected chi connectivity index (χ3v) is 2.20. The minimum absolute atomic E-state index is 0.0131. The van der Waals surface area contributed by atoms with Gasteiger partial charge < -0.3 is 4.74 Å². The van der Waals surface area contributed by atoms with Crippen LogP contribution >= 0.6 is 27.3 Å². The highest BCUT2D eigenvalue weighted by Gasteiger charge is 2.28. The molecule has 1 aromatic rings. The Balaban J connectivity index is 2.44. The van der Waals surface area contributed by atoms with Gasteiger partial charge in [-0.15, -0.1) is 0 Å². The van der Waals surface area contributed by atoms with E-state index in [1.165, 1.54) is 6.20 Å². The molecule has 1 aromatic heterocycles. The van der Waals surface area contributed by atoms with Crippen LogP contribution in [0.2, 0.25) is 0 Å². The van der Waals surface area contributed by atoms with Gasteiger partial charge in [0.05, 0.1) is 9.98 Å². The molecule has 12 heavy (non-hydrogen) atoms. The molecule has 0 N–H and O–H groups in total. The van der Waals surface area contributed by atoms with Gasteiger partial charge in [0, 0.05) is 0 Å². The van der Waals surface area contributed by atoms with Gasteiger partial charge in [0.15, 0.2) is 6.61 Å². The normalized spacial score (nSPS) is 11.7. The zero-order valence-corrected chi connectivity index (χ0v) is 7.96. The van der Waals surface area contributed by atoms with Crippen LogP contribution in [-0.2, 0) is 0 Å². The Hall–Kier alpha value is -0.300. The number of nitrogens with zero attached hydrogens (tertiary/aromatic N) is 1. The number of hydrogen-bond donors (Lipinski definition) is 0. The van der Waals surface area contributed by atoms with E-state index in [0.717, 1.165) is 11.3 Å². The van der Waals surface area contributed by atoms with Gasteiger partial charge in [-0.05, 0) is 15.9 Å². The van der Waals surface area contributed by atoms with E-state index in [1.54, 1.807) is 0 Å². The summed E-state index contributed by atoms with van der Waals surface area (Å²) in [7, 11) is 0. The molecule has 0 fully saturated rings. The van der Waals surface area contributed by atoms with Crippen molar-refractivity contribution in [1.29, 1.82) is 0 Å². The summed E-state index contributed by atoms with van der Waals surface area (Å²) in [6, 6.07) is 0. The lowest BCUT2D eigenvalue weighted by molar-refractivity contribution is -0.153. The standard InChI is InChI=1S/C5H3BrF3NOS/c6-3-1-10-4(12-3)11-2-5(7,8)9/h1H,2H2. The third kappa shape index (κ3) is 3.40. The van der Waals surface area contributed by atoms with Gasteiger partial charge in [0.1, 0.15) is 0 Å². The first kappa shape index (κ1) is 9.79. The van der Waals surface area contributed by atoms with Gasteiger partial charge in [-0.2, -0.15) is 13.2 Å². The van der Waals surface area contributed by atoms with E-state index in [2.05, 4.69) is 25.7 Å². The Labute approximate surface area is 78.5 Å². The molecule has 0 aliphatic rings. The highest BCUT2D eigenvalue weighted by Crippen LogP contribution is 2.26. The molecule has 0 unspecified atom stereocenters. The summed E-state index contributed by atoms with van der Waals surface area (Å²) < 4.78 is 39.7. The van der Waals surface area contributed by atoms with Crippen LogP contribution in [0.1, 0.15) is 0 Å². The van der Waals surface area contributed by atoms with Gasteiger partial charge in [-0.1, -0.05) is 11.3 Å². The average Bonchev–Trinajstić information content (AvgIpc) is 2.30. The van der Waals surface area contributed by atoms with Crippen LogP contribution in [0.25, 0.3) is 0 Å². The van der Waals surface area contributed by atoms with Crippen LogP contribution in [0, 0.1) is 0 Å². The highest BCUT2D eigenvalue weighted by molar-refractivity contribution is 9.11. The molecule has 0 atom stereocenters. The van der Waals surface area contributed by atoms with E-state index in [1.807, 2.05) is 0 Å². The second kappa shape index (κ2) is 3.61. The summed E-state index contributed by atoms with van der Waals surface area (Å²) in [4.78, 5) is 3.57. The Morgan fingerprint density at radius 2 is 2.25 bits per heavy atom. The molecule has 68 valence electrons. The van der Waals surface area contributed by atoms with Crippen molar-refractivity contribution >= 4 is 27.3 Å². The monoisotopic (exact) mass is 261 g/mol. The van der Waals surface area contributed by atoms with Crippen molar-refractivity contribution in [1.82, 2.24) is 4.98 Å². The van der Waals surface area contributed by atoms with E-state index < -0.39 is 12.8 Å². The van der Waals surface area contributed by atoms with Crippen molar-refractivity contribution < 1.29 is 17.9 Å². The van der Waals surface area contributed by atoms with Crippen molar-refractivity contribution in [3.05, 3.63) is 9.98 Å². The summed E-state index contributed by atoms with van der Waals surface area (Å²) in [5, 5.41) is 0.0131. The quantitative estimate of drug-likeness (QED) is 0.817. The van der Waals surface area contributed by atoms with E-state index in [0.29, 0.717) is 3.79 Å². The number of hydrogen-bond acceptors (Lipinski definition) is 3. The number of rotatable bonds is 2. The first-order chi connectivity index (χ1) is 5.47. The second-order valence-corrected chi connectivity index (χ2v) is 4.21. The molecule has 1 rings (SSSR count). The minimum atomic E-state index is -4.31. The summed E-state index contributed by atoms with van der Waals surface area (Å²) in [5.41, 5.74) is 0. The molecule has 0 bridgehead atoms. The van der Waals surface area contributed by atoms with Crippen LogP contribution in [0.3, 0.4) is 0 Å². The van der Waals surface area contributed by atoms with Crippen LogP contribution in [0.4, 0.5) is 13.2 Å². The van der Waals surface area contributed by atoms with Gasteiger partial charge in [-0.3, -0.25) is 0 Å². The molecule has 0 amide bonds. The lowest BCUT2D eigenvalue weighted by atomic mass is 10.7. The molecule has 0 spiro atoms. The summed E-state index contributed by atoms with van der Waals surface area (Å²) in [6.45, 7) is -1.30. The molecule has 0 saturated heterocycles. The van der Waals surface area contributed by atoms with Crippen molar-refractivity contribution in [3.63, 3.8) is 0 Å².